The van der Waals surface area contributed by atoms with Crippen molar-refractivity contribution in [3.8, 4) is 11.3 Å². The number of nitrogens with one attached hydrogen (secondary N) is 1. The Hall–Kier alpha value is -2.37. The predicted octanol–water partition coefficient (Wildman–Crippen LogP) is 4.49. The normalized spacial score (nSPS) is 11.0. The molecule has 0 amide bonds. The first kappa shape index (κ1) is 14.6. The van der Waals surface area contributed by atoms with Crippen molar-refractivity contribution in [1.29, 1.82) is 0 Å². The van der Waals surface area contributed by atoms with Gasteiger partial charge in [0.15, 0.2) is 11.0 Å². The molecule has 0 bridgehead atoms. The fourth-order valence-electron chi connectivity index (χ4n) is 1.73. The molecule has 2 heterocycles. The van der Waals surface area contributed by atoms with Crippen LogP contribution in [-0.2, 0) is 0 Å². The topological polar surface area (TPSA) is 63.3 Å². The maximum atomic E-state index is 5.86. The van der Waals surface area contributed by atoms with E-state index in [9.17, 15) is 0 Å². The molecule has 3 aromatic rings. The average Bonchev–Trinajstić information content (AvgIpc) is 2.99. The predicted molar refractivity (Wildman–Crippen MR) is 87.4 cm³/mol. The third-order valence-electron chi connectivity index (χ3n) is 2.76. The molecule has 1 N–H and O–H groups in total. The Morgan fingerprint density at radius 1 is 0.955 bits per heavy atom. The molecule has 0 aliphatic heterocycles. The second-order valence-corrected chi connectivity index (χ2v) is 5.14. The lowest BCUT2D eigenvalue weighted by molar-refractivity contribution is 0.575. The smallest absolute Gasteiger partial charge is 0.168 e. The summed E-state index contributed by atoms with van der Waals surface area (Å²) in [4.78, 5) is 0. The largest absolute Gasteiger partial charge is 0.455 e. The monoisotopic (exact) mass is 332 g/mol. The van der Waals surface area contributed by atoms with Crippen LogP contribution in [0.1, 0.15) is 5.76 Å². The quantitative estimate of drug-likeness (QED) is 0.564. The Kier molecular flexibility index (Phi) is 4.37. The van der Waals surface area contributed by atoms with Crippen molar-refractivity contribution < 1.29 is 4.42 Å². The van der Waals surface area contributed by atoms with Crippen molar-refractivity contribution in [2.75, 3.05) is 5.43 Å². The van der Waals surface area contributed by atoms with Gasteiger partial charge in [-0.2, -0.15) is 5.10 Å². The summed E-state index contributed by atoms with van der Waals surface area (Å²) >= 11 is 11.5. The Bertz CT molecular complexity index is 782. The molecule has 0 spiro atoms. The first-order chi connectivity index (χ1) is 10.7. The number of rotatable bonds is 4. The van der Waals surface area contributed by atoms with Gasteiger partial charge in [0, 0.05) is 10.6 Å². The molecule has 3 rings (SSSR count). The number of benzene rings is 1. The summed E-state index contributed by atoms with van der Waals surface area (Å²) in [6.45, 7) is 0. The number of anilines is 1. The van der Waals surface area contributed by atoms with Gasteiger partial charge in [0.05, 0.1) is 6.21 Å². The van der Waals surface area contributed by atoms with E-state index in [0.29, 0.717) is 21.8 Å². The molecule has 0 unspecified atom stereocenters. The van der Waals surface area contributed by atoms with Crippen molar-refractivity contribution in [2.24, 2.45) is 5.10 Å². The molecule has 0 aliphatic carbocycles. The van der Waals surface area contributed by atoms with E-state index in [1.165, 1.54) is 0 Å². The van der Waals surface area contributed by atoms with Crippen LogP contribution in [0.3, 0.4) is 0 Å². The number of nitrogens with zero attached hydrogens (tertiary/aromatic N) is 3. The van der Waals surface area contributed by atoms with Gasteiger partial charge in [-0.05, 0) is 48.5 Å². The van der Waals surface area contributed by atoms with Crippen molar-refractivity contribution in [3.05, 3.63) is 64.5 Å². The Labute approximate surface area is 136 Å². The van der Waals surface area contributed by atoms with Crippen LogP contribution in [-0.4, -0.2) is 16.4 Å². The third-order valence-corrected chi connectivity index (χ3v) is 3.21. The summed E-state index contributed by atoms with van der Waals surface area (Å²) in [5.41, 5.74) is 3.68. The van der Waals surface area contributed by atoms with E-state index in [0.717, 1.165) is 11.3 Å². The van der Waals surface area contributed by atoms with Gasteiger partial charge in [-0.1, -0.05) is 23.2 Å². The lowest BCUT2D eigenvalue weighted by atomic mass is 10.2. The summed E-state index contributed by atoms with van der Waals surface area (Å²) in [7, 11) is 0. The molecule has 7 heteroatoms. The summed E-state index contributed by atoms with van der Waals surface area (Å²) in [6.07, 6.45) is 1.55. The maximum absolute atomic E-state index is 5.86. The highest BCUT2D eigenvalue weighted by Gasteiger charge is 2.03. The SMILES string of the molecule is Clc1ccc(-c2ccc(/C=N\Nc3ccc(Cl)nn3)o2)cc1. The van der Waals surface area contributed by atoms with E-state index >= 15 is 0 Å². The van der Waals surface area contributed by atoms with Crippen LogP contribution in [0, 0.1) is 0 Å². The highest BCUT2D eigenvalue weighted by molar-refractivity contribution is 6.30. The van der Waals surface area contributed by atoms with E-state index in [4.69, 9.17) is 27.6 Å². The fourth-order valence-corrected chi connectivity index (χ4v) is 1.96. The summed E-state index contributed by atoms with van der Waals surface area (Å²) in [6, 6.07) is 14.4. The second-order valence-electron chi connectivity index (χ2n) is 4.32. The zero-order valence-corrected chi connectivity index (χ0v) is 12.7. The number of aromatic nitrogens is 2. The number of halogens is 2. The van der Waals surface area contributed by atoms with Gasteiger partial charge < -0.3 is 4.42 Å². The van der Waals surface area contributed by atoms with Crippen LogP contribution < -0.4 is 5.43 Å². The van der Waals surface area contributed by atoms with Crippen molar-refractivity contribution >= 4 is 35.2 Å². The third kappa shape index (κ3) is 3.63. The molecular formula is C15H10Cl2N4O. The van der Waals surface area contributed by atoms with E-state index in [1.807, 2.05) is 36.4 Å². The van der Waals surface area contributed by atoms with Crippen LogP contribution in [0.15, 0.2) is 58.0 Å². The van der Waals surface area contributed by atoms with Crippen LogP contribution in [0.5, 0.6) is 0 Å². The highest BCUT2D eigenvalue weighted by Crippen LogP contribution is 2.23. The van der Waals surface area contributed by atoms with Crippen molar-refractivity contribution in [3.63, 3.8) is 0 Å². The zero-order chi connectivity index (χ0) is 15.4. The second kappa shape index (κ2) is 6.60. The lowest BCUT2D eigenvalue weighted by Crippen LogP contribution is -1.94. The Balaban J connectivity index is 1.67. The summed E-state index contributed by atoms with van der Waals surface area (Å²) < 4.78 is 5.68. The molecule has 0 saturated carbocycles. The number of furan rings is 1. The van der Waals surface area contributed by atoms with E-state index in [1.54, 1.807) is 18.3 Å². The minimum absolute atomic E-state index is 0.327. The lowest BCUT2D eigenvalue weighted by Gasteiger charge is -1.97. The van der Waals surface area contributed by atoms with Gasteiger partial charge in [-0.3, -0.25) is 5.43 Å². The van der Waals surface area contributed by atoms with Gasteiger partial charge >= 0.3 is 0 Å². The molecule has 2 aromatic heterocycles. The molecule has 0 fully saturated rings. The Morgan fingerprint density at radius 2 is 1.77 bits per heavy atom. The van der Waals surface area contributed by atoms with E-state index < -0.39 is 0 Å². The molecule has 0 atom stereocenters. The molecule has 0 radical (unpaired) electrons. The Morgan fingerprint density at radius 3 is 2.50 bits per heavy atom. The first-order valence-electron chi connectivity index (χ1n) is 6.35. The molecule has 5 nitrogen and oxygen atoms in total. The number of hydrogen-bond acceptors (Lipinski definition) is 5. The average molecular weight is 333 g/mol. The summed E-state index contributed by atoms with van der Waals surface area (Å²) in [5.74, 6) is 1.84. The molecule has 0 saturated heterocycles. The van der Waals surface area contributed by atoms with E-state index in [2.05, 4.69) is 20.7 Å². The molecule has 1 aromatic carbocycles. The van der Waals surface area contributed by atoms with Crippen LogP contribution in [0.25, 0.3) is 11.3 Å². The maximum Gasteiger partial charge on any atom is 0.168 e. The van der Waals surface area contributed by atoms with E-state index in [-0.39, 0.29) is 0 Å². The zero-order valence-electron chi connectivity index (χ0n) is 11.2. The standard InChI is InChI=1S/C15H10Cl2N4O/c16-11-3-1-10(2-4-11)13-6-5-12(22-13)9-18-20-15-8-7-14(17)19-21-15/h1-9H,(H,20,21)/b18-9-. The van der Waals surface area contributed by atoms with Gasteiger partial charge in [-0.15, -0.1) is 10.2 Å². The molecule has 22 heavy (non-hydrogen) atoms. The minimum Gasteiger partial charge on any atom is -0.455 e. The molecule has 0 aliphatic rings. The van der Waals surface area contributed by atoms with Gasteiger partial charge in [-0.25, -0.2) is 0 Å². The molecule has 110 valence electrons. The highest BCUT2D eigenvalue weighted by atomic mass is 35.5. The fraction of sp³-hybridized carbons (Fsp3) is 0. The van der Waals surface area contributed by atoms with Crippen LogP contribution in [0.2, 0.25) is 10.2 Å². The first-order valence-corrected chi connectivity index (χ1v) is 7.10. The molecular weight excluding hydrogens is 323 g/mol. The van der Waals surface area contributed by atoms with Gasteiger partial charge in [0.2, 0.25) is 0 Å². The number of hydrazone groups is 1. The van der Waals surface area contributed by atoms with Crippen molar-refractivity contribution in [1.82, 2.24) is 10.2 Å². The van der Waals surface area contributed by atoms with Gasteiger partial charge in [0.25, 0.3) is 0 Å². The number of hydrogen-bond donors (Lipinski definition) is 1. The van der Waals surface area contributed by atoms with Gasteiger partial charge in [0.1, 0.15) is 11.5 Å². The minimum atomic E-state index is 0.327. The van der Waals surface area contributed by atoms with Crippen molar-refractivity contribution in [2.45, 2.75) is 0 Å². The summed E-state index contributed by atoms with van der Waals surface area (Å²) in [5, 5.41) is 12.6. The van der Waals surface area contributed by atoms with Crippen LogP contribution in [0.4, 0.5) is 5.82 Å². The van der Waals surface area contributed by atoms with Crippen LogP contribution >= 0.6 is 23.2 Å².